The molecule has 1 fully saturated rings. The Morgan fingerprint density at radius 3 is 2.31 bits per heavy atom. The lowest BCUT2D eigenvalue weighted by atomic mass is 10.1. The second kappa shape index (κ2) is 3.75. The van der Waals surface area contributed by atoms with Gasteiger partial charge < -0.3 is 5.73 Å². The summed E-state index contributed by atoms with van der Waals surface area (Å²) in [7, 11) is 0. The van der Waals surface area contributed by atoms with Crippen molar-refractivity contribution < 1.29 is 4.39 Å². The lowest BCUT2D eigenvalue weighted by Gasteiger charge is -2.35. The Morgan fingerprint density at radius 1 is 1.54 bits per heavy atom. The summed E-state index contributed by atoms with van der Waals surface area (Å²) in [5.41, 5.74) is 5.48. The number of nitrogens with two attached hydrogens (primary N) is 1. The Kier molecular flexibility index (Phi) is 3.25. The zero-order valence-electron chi connectivity index (χ0n) is 8.50. The van der Waals surface area contributed by atoms with E-state index in [0.717, 1.165) is 0 Å². The molecule has 78 valence electrons. The zero-order chi connectivity index (χ0) is 10.2. The summed E-state index contributed by atoms with van der Waals surface area (Å²) in [6, 6.07) is 0. The van der Waals surface area contributed by atoms with E-state index in [0.29, 0.717) is 13.1 Å². The van der Waals surface area contributed by atoms with Gasteiger partial charge in [0.05, 0.1) is 5.37 Å². The van der Waals surface area contributed by atoms with Crippen molar-refractivity contribution in [2.45, 2.75) is 37.9 Å². The summed E-state index contributed by atoms with van der Waals surface area (Å²) < 4.78 is 13.4. The summed E-state index contributed by atoms with van der Waals surface area (Å²) >= 11 is 4.42. The quantitative estimate of drug-likeness (QED) is 0.633. The molecule has 2 N–H and O–H groups in total. The highest BCUT2D eigenvalue weighted by Crippen LogP contribution is 2.34. The van der Waals surface area contributed by atoms with E-state index >= 15 is 0 Å². The predicted molar refractivity (Wildman–Crippen MR) is 56.7 cm³/mol. The van der Waals surface area contributed by atoms with Gasteiger partial charge in [-0.2, -0.15) is 12.6 Å². The minimum absolute atomic E-state index is 0.0271. The topological polar surface area (TPSA) is 29.3 Å². The summed E-state index contributed by atoms with van der Waals surface area (Å²) in [5.74, 6) is -0.123. The van der Waals surface area contributed by atoms with Crippen molar-refractivity contribution in [2.24, 2.45) is 11.7 Å². The highest BCUT2D eigenvalue weighted by Gasteiger charge is 2.43. The summed E-state index contributed by atoms with van der Waals surface area (Å²) in [6.07, 6.45) is -0.827. The van der Waals surface area contributed by atoms with Crippen LogP contribution in [-0.2, 0) is 0 Å². The van der Waals surface area contributed by atoms with Gasteiger partial charge in [0.1, 0.15) is 6.17 Å². The van der Waals surface area contributed by atoms with E-state index in [4.69, 9.17) is 5.73 Å². The molecule has 1 aliphatic heterocycles. The molecule has 1 heterocycles. The van der Waals surface area contributed by atoms with Crippen molar-refractivity contribution in [3.05, 3.63) is 0 Å². The third kappa shape index (κ3) is 2.17. The Morgan fingerprint density at radius 2 is 2.08 bits per heavy atom. The van der Waals surface area contributed by atoms with Crippen molar-refractivity contribution in [1.29, 1.82) is 0 Å². The number of halogens is 1. The van der Waals surface area contributed by atoms with Crippen molar-refractivity contribution in [3.63, 3.8) is 0 Å². The first-order chi connectivity index (χ1) is 5.88. The number of alkyl halides is 1. The number of rotatable bonds is 1. The molecule has 4 heteroatoms. The average Bonchev–Trinajstić information content (AvgIpc) is 2.25. The summed E-state index contributed by atoms with van der Waals surface area (Å²) in [4.78, 5) is 2.07. The molecule has 0 spiro atoms. The lowest BCUT2D eigenvalue weighted by molar-refractivity contribution is 0.148. The highest BCUT2D eigenvalue weighted by molar-refractivity contribution is 7.80. The van der Waals surface area contributed by atoms with E-state index in [1.54, 1.807) is 0 Å². The van der Waals surface area contributed by atoms with Crippen molar-refractivity contribution in [2.75, 3.05) is 13.1 Å². The SMILES string of the molecule is CC(C)(C)N1C[C@H](F)[C@@H](CN)[C@H]1S. The van der Waals surface area contributed by atoms with Gasteiger partial charge in [-0.15, -0.1) is 0 Å². The van der Waals surface area contributed by atoms with Crippen molar-refractivity contribution >= 4 is 12.6 Å². The van der Waals surface area contributed by atoms with E-state index in [2.05, 4.69) is 38.3 Å². The number of nitrogens with zero attached hydrogens (tertiary/aromatic N) is 1. The van der Waals surface area contributed by atoms with E-state index in [1.807, 2.05) is 0 Å². The van der Waals surface area contributed by atoms with Crippen molar-refractivity contribution in [1.82, 2.24) is 4.90 Å². The van der Waals surface area contributed by atoms with Crippen LogP contribution < -0.4 is 5.73 Å². The van der Waals surface area contributed by atoms with E-state index in [-0.39, 0.29) is 16.8 Å². The number of hydrogen-bond acceptors (Lipinski definition) is 3. The molecular weight excluding hydrogens is 187 g/mol. The first-order valence-electron chi connectivity index (χ1n) is 4.67. The van der Waals surface area contributed by atoms with Crippen LogP contribution in [0.2, 0.25) is 0 Å². The molecule has 0 amide bonds. The van der Waals surface area contributed by atoms with Crippen LogP contribution in [0.15, 0.2) is 0 Å². The first kappa shape index (κ1) is 11.3. The van der Waals surface area contributed by atoms with Crippen LogP contribution in [0.3, 0.4) is 0 Å². The maximum atomic E-state index is 13.4. The second-order valence-electron chi connectivity index (χ2n) is 4.65. The van der Waals surface area contributed by atoms with Gasteiger partial charge in [0.15, 0.2) is 0 Å². The molecule has 3 atom stereocenters. The van der Waals surface area contributed by atoms with E-state index < -0.39 is 6.17 Å². The molecule has 0 bridgehead atoms. The zero-order valence-corrected chi connectivity index (χ0v) is 9.39. The van der Waals surface area contributed by atoms with Gasteiger partial charge in [0, 0.05) is 24.5 Å². The fourth-order valence-corrected chi connectivity index (χ4v) is 2.54. The molecule has 1 saturated heterocycles. The minimum Gasteiger partial charge on any atom is -0.330 e. The van der Waals surface area contributed by atoms with Crippen LogP contribution >= 0.6 is 12.6 Å². The van der Waals surface area contributed by atoms with Gasteiger partial charge in [0.2, 0.25) is 0 Å². The molecule has 1 aliphatic rings. The first-order valence-corrected chi connectivity index (χ1v) is 5.18. The van der Waals surface area contributed by atoms with Crippen molar-refractivity contribution in [3.8, 4) is 0 Å². The summed E-state index contributed by atoms with van der Waals surface area (Å²) in [5, 5.41) is -0.0417. The highest BCUT2D eigenvalue weighted by atomic mass is 32.1. The predicted octanol–water partition coefficient (Wildman–Crippen LogP) is 1.27. The molecular formula is C9H19FN2S. The summed E-state index contributed by atoms with van der Waals surface area (Å²) in [6.45, 7) is 7.05. The molecule has 13 heavy (non-hydrogen) atoms. The molecule has 0 aliphatic carbocycles. The maximum absolute atomic E-state index is 13.4. The third-order valence-electron chi connectivity index (χ3n) is 2.67. The van der Waals surface area contributed by atoms with Gasteiger partial charge >= 0.3 is 0 Å². The average molecular weight is 206 g/mol. The van der Waals surface area contributed by atoms with Crippen LogP contribution in [0.1, 0.15) is 20.8 Å². The van der Waals surface area contributed by atoms with Gasteiger partial charge in [-0.25, -0.2) is 4.39 Å². The van der Waals surface area contributed by atoms with Crippen LogP contribution in [0.25, 0.3) is 0 Å². The molecule has 0 aromatic heterocycles. The Balaban J connectivity index is 2.73. The number of thiol groups is 1. The van der Waals surface area contributed by atoms with Crippen LogP contribution in [0.5, 0.6) is 0 Å². The standard InChI is InChI=1S/C9H19FN2S/c1-9(2,3)12-5-7(10)6(4-11)8(12)13/h6-8,13H,4-5,11H2,1-3H3/t6-,7+,8-/m1/s1. The minimum atomic E-state index is -0.827. The lowest BCUT2D eigenvalue weighted by Crippen LogP contribution is -2.44. The molecule has 0 saturated carbocycles. The Hall–Kier alpha value is 0.200. The molecule has 0 aromatic rings. The second-order valence-corrected chi connectivity index (χ2v) is 5.18. The molecule has 0 aromatic carbocycles. The third-order valence-corrected chi connectivity index (χ3v) is 3.33. The van der Waals surface area contributed by atoms with Crippen LogP contribution in [-0.4, -0.2) is 35.1 Å². The Labute approximate surface area is 85.1 Å². The van der Waals surface area contributed by atoms with Gasteiger partial charge in [-0.3, -0.25) is 4.90 Å². The van der Waals surface area contributed by atoms with Crippen LogP contribution in [0, 0.1) is 5.92 Å². The molecule has 2 nitrogen and oxygen atoms in total. The fraction of sp³-hybridized carbons (Fsp3) is 1.00. The number of hydrogen-bond donors (Lipinski definition) is 2. The smallest absolute Gasteiger partial charge is 0.119 e. The molecule has 0 unspecified atom stereocenters. The van der Waals surface area contributed by atoms with E-state index in [9.17, 15) is 4.39 Å². The fourth-order valence-electron chi connectivity index (χ4n) is 1.79. The monoisotopic (exact) mass is 206 g/mol. The Bertz CT molecular complexity index is 181. The largest absolute Gasteiger partial charge is 0.330 e. The molecule has 0 radical (unpaired) electrons. The van der Waals surface area contributed by atoms with E-state index in [1.165, 1.54) is 0 Å². The normalized spacial score (nSPS) is 36.9. The van der Waals surface area contributed by atoms with Gasteiger partial charge in [-0.1, -0.05) is 0 Å². The van der Waals surface area contributed by atoms with Crippen LogP contribution in [0.4, 0.5) is 4.39 Å². The molecule has 1 rings (SSSR count). The maximum Gasteiger partial charge on any atom is 0.119 e. The number of likely N-dealkylation sites (tertiary alicyclic amines) is 1. The van der Waals surface area contributed by atoms with Gasteiger partial charge in [-0.05, 0) is 20.8 Å². The van der Waals surface area contributed by atoms with Gasteiger partial charge in [0.25, 0.3) is 0 Å².